The molecule has 6 nitrogen and oxygen atoms in total. The lowest BCUT2D eigenvalue weighted by Crippen LogP contribution is -2.22. The van der Waals surface area contributed by atoms with Gasteiger partial charge < -0.3 is 14.9 Å². The van der Waals surface area contributed by atoms with Gasteiger partial charge in [0, 0.05) is 15.4 Å². The zero-order valence-corrected chi connectivity index (χ0v) is 15.1. The molecule has 1 heterocycles. The van der Waals surface area contributed by atoms with Crippen LogP contribution >= 0.6 is 23.2 Å². The molecule has 0 aliphatic carbocycles. The van der Waals surface area contributed by atoms with E-state index in [1.54, 1.807) is 35.0 Å². The van der Waals surface area contributed by atoms with Crippen molar-refractivity contribution < 1.29 is 19.7 Å². The molecule has 3 rings (SSSR count). The summed E-state index contributed by atoms with van der Waals surface area (Å²) in [5.41, 5.74) is 1.68. The highest BCUT2D eigenvalue weighted by Gasteiger charge is 2.20. The Morgan fingerprint density at radius 2 is 2.00 bits per heavy atom. The van der Waals surface area contributed by atoms with Crippen LogP contribution in [0.1, 0.15) is 16.1 Å². The van der Waals surface area contributed by atoms with E-state index >= 15 is 0 Å². The average Bonchev–Trinajstić information content (AvgIpc) is 3.00. The number of benzene rings is 2. The normalized spacial score (nSPS) is 12.3. The molecule has 8 heteroatoms. The highest BCUT2D eigenvalue weighted by atomic mass is 35.5. The predicted octanol–water partition coefficient (Wildman–Crippen LogP) is 2.90. The maximum atomic E-state index is 12.3. The lowest BCUT2D eigenvalue weighted by Gasteiger charge is -2.07. The summed E-state index contributed by atoms with van der Waals surface area (Å²) in [6, 6.07) is 12.4. The van der Waals surface area contributed by atoms with Crippen LogP contribution in [0.4, 0.5) is 0 Å². The predicted molar refractivity (Wildman–Crippen MR) is 98.7 cm³/mol. The number of rotatable bonds is 6. The molecule has 136 valence electrons. The SMILES string of the molecule is O=C(OC[C@@H](O)CO)c1nn(Cc2ccc(Cl)cc2Cl)c2ccccc12. The highest BCUT2D eigenvalue weighted by Crippen LogP contribution is 2.25. The first-order valence-electron chi connectivity index (χ1n) is 7.85. The van der Waals surface area contributed by atoms with Gasteiger partial charge in [0.15, 0.2) is 5.69 Å². The second kappa shape index (κ2) is 8.05. The molecule has 0 spiro atoms. The van der Waals surface area contributed by atoms with E-state index in [0.29, 0.717) is 22.0 Å². The van der Waals surface area contributed by atoms with Gasteiger partial charge in [0.1, 0.15) is 12.7 Å². The van der Waals surface area contributed by atoms with Crippen molar-refractivity contribution in [2.75, 3.05) is 13.2 Å². The van der Waals surface area contributed by atoms with E-state index in [0.717, 1.165) is 11.1 Å². The van der Waals surface area contributed by atoms with Crippen molar-refractivity contribution in [1.82, 2.24) is 9.78 Å². The van der Waals surface area contributed by atoms with Gasteiger partial charge in [-0.2, -0.15) is 5.10 Å². The number of ether oxygens (including phenoxy) is 1. The number of esters is 1. The summed E-state index contributed by atoms with van der Waals surface area (Å²) >= 11 is 12.2. The van der Waals surface area contributed by atoms with Crippen molar-refractivity contribution >= 4 is 40.1 Å². The fraction of sp³-hybridized carbons (Fsp3) is 0.222. The van der Waals surface area contributed by atoms with Gasteiger partial charge in [-0.25, -0.2) is 4.79 Å². The Balaban J connectivity index is 1.93. The van der Waals surface area contributed by atoms with Crippen LogP contribution in [0.2, 0.25) is 10.0 Å². The molecule has 3 aromatic rings. The molecule has 1 atom stereocenters. The average molecular weight is 395 g/mol. The second-order valence-electron chi connectivity index (χ2n) is 5.69. The van der Waals surface area contributed by atoms with Crippen LogP contribution in [0.25, 0.3) is 10.9 Å². The molecule has 0 aliphatic heterocycles. The smallest absolute Gasteiger partial charge is 0.359 e. The number of halogens is 2. The second-order valence-corrected chi connectivity index (χ2v) is 6.54. The fourth-order valence-electron chi connectivity index (χ4n) is 2.50. The van der Waals surface area contributed by atoms with E-state index in [-0.39, 0.29) is 12.3 Å². The van der Waals surface area contributed by atoms with Crippen LogP contribution in [0.15, 0.2) is 42.5 Å². The van der Waals surface area contributed by atoms with Gasteiger partial charge in [-0.05, 0) is 23.8 Å². The first-order chi connectivity index (χ1) is 12.5. The van der Waals surface area contributed by atoms with E-state index in [2.05, 4.69) is 5.10 Å². The minimum absolute atomic E-state index is 0.135. The van der Waals surface area contributed by atoms with Crippen molar-refractivity contribution in [3.8, 4) is 0 Å². The molecule has 2 aromatic carbocycles. The minimum Gasteiger partial charge on any atom is -0.458 e. The molecule has 0 saturated carbocycles. The molecule has 0 bridgehead atoms. The molecule has 0 amide bonds. The number of nitrogens with zero attached hydrogens (tertiary/aromatic N) is 2. The quantitative estimate of drug-likeness (QED) is 0.627. The molecule has 0 unspecified atom stereocenters. The standard InChI is InChI=1S/C18H16Cl2N2O4/c19-12-6-5-11(15(20)7-12)8-22-16-4-2-1-3-14(16)17(21-22)18(25)26-10-13(24)9-23/h1-7,13,23-24H,8-10H2/t13-/m0/s1. The van der Waals surface area contributed by atoms with Gasteiger partial charge in [0.05, 0.1) is 18.7 Å². The summed E-state index contributed by atoms with van der Waals surface area (Å²) in [6.45, 7) is -0.444. The van der Waals surface area contributed by atoms with Crippen molar-refractivity contribution in [2.24, 2.45) is 0 Å². The lowest BCUT2D eigenvalue weighted by atomic mass is 10.2. The molecule has 0 fully saturated rings. The van der Waals surface area contributed by atoms with Crippen molar-refractivity contribution in [3.05, 3.63) is 63.8 Å². The molecule has 0 saturated heterocycles. The summed E-state index contributed by atoms with van der Waals surface area (Å²) in [4.78, 5) is 12.3. The fourth-order valence-corrected chi connectivity index (χ4v) is 2.97. The zero-order valence-electron chi connectivity index (χ0n) is 13.6. The van der Waals surface area contributed by atoms with Crippen LogP contribution in [-0.2, 0) is 11.3 Å². The summed E-state index contributed by atoms with van der Waals surface area (Å²) in [7, 11) is 0. The van der Waals surface area contributed by atoms with Gasteiger partial charge in [-0.1, -0.05) is 47.5 Å². The monoisotopic (exact) mass is 394 g/mol. The molecule has 26 heavy (non-hydrogen) atoms. The molecule has 2 N–H and O–H groups in total. The van der Waals surface area contributed by atoms with Crippen LogP contribution in [0, 0.1) is 0 Å². The topological polar surface area (TPSA) is 84.6 Å². The third-order valence-corrected chi connectivity index (χ3v) is 4.39. The Bertz CT molecular complexity index is 942. The Hall–Kier alpha value is -2.12. The summed E-state index contributed by atoms with van der Waals surface area (Å²) in [5, 5.41) is 24.2. The number of aliphatic hydroxyl groups is 2. The van der Waals surface area contributed by atoms with E-state index in [4.69, 9.17) is 33.0 Å². The van der Waals surface area contributed by atoms with E-state index in [1.807, 2.05) is 12.1 Å². The number of aliphatic hydroxyl groups excluding tert-OH is 2. The van der Waals surface area contributed by atoms with Gasteiger partial charge in [0.2, 0.25) is 0 Å². The van der Waals surface area contributed by atoms with Gasteiger partial charge in [0.25, 0.3) is 0 Å². The number of carbonyl (C=O) groups is 1. The van der Waals surface area contributed by atoms with Gasteiger partial charge in [-0.15, -0.1) is 0 Å². The third kappa shape index (κ3) is 3.99. The number of carbonyl (C=O) groups excluding carboxylic acids is 1. The molecule has 1 aromatic heterocycles. The van der Waals surface area contributed by atoms with Gasteiger partial charge in [-0.3, -0.25) is 4.68 Å². The van der Waals surface area contributed by atoms with Crippen LogP contribution in [-0.4, -0.2) is 45.3 Å². The highest BCUT2D eigenvalue weighted by molar-refractivity contribution is 6.35. The summed E-state index contributed by atoms with van der Waals surface area (Å²) in [6.07, 6.45) is -1.12. The Kier molecular flexibility index (Phi) is 5.78. The number of aromatic nitrogens is 2. The Morgan fingerprint density at radius 1 is 1.23 bits per heavy atom. The molecular weight excluding hydrogens is 379 g/mol. The van der Waals surface area contributed by atoms with Crippen molar-refractivity contribution in [1.29, 1.82) is 0 Å². The molecule has 0 radical (unpaired) electrons. The van der Waals surface area contributed by atoms with Crippen LogP contribution in [0.5, 0.6) is 0 Å². The lowest BCUT2D eigenvalue weighted by molar-refractivity contribution is 0.00897. The summed E-state index contributed by atoms with van der Waals surface area (Å²) in [5.74, 6) is -0.672. The first kappa shape index (κ1) is 18.7. The van der Waals surface area contributed by atoms with E-state index in [1.165, 1.54) is 0 Å². The Labute approximate surface area is 159 Å². The van der Waals surface area contributed by atoms with Crippen molar-refractivity contribution in [3.63, 3.8) is 0 Å². The maximum absolute atomic E-state index is 12.3. The molecular formula is C18H16Cl2N2O4. The largest absolute Gasteiger partial charge is 0.458 e. The third-order valence-electron chi connectivity index (χ3n) is 3.80. The number of para-hydroxylation sites is 1. The number of fused-ring (bicyclic) bond motifs is 1. The Morgan fingerprint density at radius 3 is 2.73 bits per heavy atom. The molecule has 0 aliphatic rings. The first-order valence-corrected chi connectivity index (χ1v) is 8.60. The minimum atomic E-state index is -1.12. The maximum Gasteiger partial charge on any atom is 0.359 e. The van der Waals surface area contributed by atoms with E-state index in [9.17, 15) is 9.90 Å². The van der Waals surface area contributed by atoms with Gasteiger partial charge >= 0.3 is 5.97 Å². The summed E-state index contributed by atoms with van der Waals surface area (Å²) < 4.78 is 6.68. The zero-order chi connectivity index (χ0) is 18.7. The van der Waals surface area contributed by atoms with Crippen molar-refractivity contribution in [2.45, 2.75) is 12.6 Å². The van der Waals surface area contributed by atoms with E-state index < -0.39 is 18.7 Å². The van der Waals surface area contributed by atoms with Crippen LogP contribution in [0.3, 0.4) is 0 Å². The number of hydrogen-bond acceptors (Lipinski definition) is 5. The van der Waals surface area contributed by atoms with Crippen LogP contribution < -0.4 is 0 Å². The number of hydrogen-bond donors (Lipinski definition) is 2.